The molecule has 0 saturated carbocycles. The van der Waals surface area contributed by atoms with Crippen molar-refractivity contribution in [3.05, 3.63) is 59.7 Å². The summed E-state index contributed by atoms with van der Waals surface area (Å²) in [5, 5.41) is 8.74. The first kappa shape index (κ1) is 15.9. The van der Waals surface area contributed by atoms with E-state index in [4.69, 9.17) is 10.00 Å². The Morgan fingerprint density at radius 1 is 1.23 bits per heavy atom. The van der Waals surface area contributed by atoms with E-state index in [-0.39, 0.29) is 5.97 Å². The van der Waals surface area contributed by atoms with Crippen LogP contribution in [0.2, 0.25) is 0 Å². The van der Waals surface area contributed by atoms with E-state index in [2.05, 4.69) is 10.8 Å². The van der Waals surface area contributed by atoms with Crippen LogP contribution in [0.4, 0.5) is 0 Å². The minimum Gasteiger partial charge on any atom is -0.493 e. The highest BCUT2D eigenvalue weighted by Crippen LogP contribution is 2.19. The lowest BCUT2D eigenvalue weighted by molar-refractivity contribution is 0.0600. The monoisotopic (exact) mass is 313 g/mol. The molecule has 0 aliphatic rings. The average molecular weight is 313 g/mol. The predicted octanol–water partition coefficient (Wildman–Crippen LogP) is 3.52. The highest BCUT2D eigenvalue weighted by Gasteiger charge is 2.06. The molecule has 2 aromatic rings. The first-order chi connectivity index (χ1) is 10.7. The Balaban J connectivity index is 1.81. The number of ether oxygens (including phenoxy) is 2. The summed E-state index contributed by atoms with van der Waals surface area (Å²) in [5.74, 6) is 1.04. The summed E-state index contributed by atoms with van der Waals surface area (Å²) < 4.78 is 10.3. The van der Waals surface area contributed by atoms with Gasteiger partial charge in [-0.25, -0.2) is 4.79 Å². The van der Waals surface area contributed by atoms with Gasteiger partial charge in [-0.2, -0.15) is 5.26 Å². The largest absolute Gasteiger partial charge is 0.493 e. The number of hydrogen-bond acceptors (Lipinski definition) is 5. The van der Waals surface area contributed by atoms with Gasteiger partial charge in [0.05, 0.1) is 30.9 Å². The van der Waals surface area contributed by atoms with Crippen molar-refractivity contribution in [1.82, 2.24) is 0 Å². The maximum atomic E-state index is 11.4. The molecule has 0 radical (unpaired) electrons. The minimum absolute atomic E-state index is 0.377. The number of benzene rings is 2. The maximum absolute atomic E-state index is 11.4. The fraction of sp³-hybridized carbons (Fsp3) is 0.176. The Hall–Kier alpha value is -2.45. The maximum Gasteiger partial charge on any atom is 0.337 e. The molecule has 4 nitrogen and oxygen atoms in total. The summed E-state index contributed by atoms with van der Waals surface area (Å²) in [6.45, 7) is 0.523. The van der Waals surface area contributed by atoms with E-state index in [1.54, 1.807) is 48.2 Å². The van der Waals surface area contributed by atoms with Crippen LogP contribution in [0.5, 0.6) is 5.75 Å². The molecular weight excluding hydrogens is 298 g/mol. The zero-order valence-corrected chi connectivity index (χ0v) is 12.9. The second-order valence-corrected chi connectivity index (χ2v) is 5.52. The van der Waals surface area contributed by atoms with Gasteiger partial charge in [-0.3, -0.25) is 0 Å². The van der Waals surface area contributed by atoms with E-state index in [1.165, 1.54) is 7.11 Å². The second-order valence-electron chi connectivity index (χ2n) is 4.35. The van der Waals surface area contributed by atoms with Gasteiger partial charge in [0.15, 0.2) is 0 Å². The van der Waals surface area contributed by atoms with Gasteiger partial charge in [0, 0.05) is 10.6 Å². The first-order valence-electron chi connectivity index (χ1n) is 6.67. The Kier molecular flexibility index (Phi) is 5.87. The standard InChI is InChI=1S/C17H15NO3S/c1-20-17(19)14-3-2-4-15(11-14)21-9-10-22-16-7-5-13(12-18)6-8-16/h2-8,11H,9-10H2,1H3. The van der Waals surface area contributed by atoms with Crippen molar-refractivity contribution < 1.29 is 14.3 Å². The van der Waals surface area contributed by atoms with E-state index in [9.17, 15) is 4.79 Å². The summed E-state index contributed by atoms with van der Waals surface area (Å²) in [6, 6.07) is 16.4. The summed E-state index contributed by atoms with van der Waals surface area (Å²) in [6.07, 6.45) is 0. The van der Waals surface area contributed by atoms with Crippen molar-refractivity contribution in [3.63, 3.8) is 0 Å². The Bertz CT molecular complexity index is 677. The molecular formula is C17H15NO3S. The van der Waals surface area contributed by atoms with Crippen molar-refractivity contribution in [2.75, 3.05) is 19.5 Å². The smallest absolute Gasteiger partial charge is 0.337 e. The second kappa shape index (κ2) is 8.11. The summed E-state index contributed by atoms with van der Waals surface area (Å²) in [5.41, 5.74) is 1.12. The number of carbonyl (C=O) groups is 1. The van der Waals surface area contributed by atoms with Gasteiger partial charge in [0.2, 0.25) is 0 Å². The van der Waals surface area contributed by atoms with Crippen molar-refractivity contribution in [1.29, 1.82) is 5.26 Å². The van der Waals surface area contributed by atoms with Crippen LogP contribution in [0.1, 0.15) is 15.9 Å². The molecule has 22 heavy (non-hydrogen) atoms. The van der Waals surface area contributed by atoms with E-state index >= 15 is 0 Å². The molecule has 0 fully saturated rings. The number of hydrogen-bond donors (Lipinski definition) is 0. The van der Waals surface area contributed by atoms with E-state index in [0.29, 0.717) is 23.5 Å². The summed E-state index contributed by atoms with van der Waals surface area (Å²) >= 11 is 1.65. The van der Waals surface area contributed by atoms with Gasteiger partial charge in [-0.15, -0.1) is 11.8 Å². The third-order valence-corrected chi connectivity index (χ3v) is 3.84. The summed E-state index contributed by atoms with van der Waals surface area (Å²) in [7, 11) is 1.35. The molecule has 0 saturated heterocycles. The van der Waals surface area contributed by atoms with Gasteiger partial charge in [-0.05, 0) is 42.5 Å². The molecule has 0 amide bonds. The Morgan fingerprint density at radius 2 is 2.00 bits per heavy atom. The highest BCUT2D eigenvalue weighted by molar-refractivity contribution is 7.99. The van der Waals surface area contributed by atoms with Gasteiger partial charge in [-0.1, -0.05) is 6.07 Å². The third-order valence-electron chi connectivity index (χ3n) is 2.86. The van der Waals surface area contributed by atoms with Gasteiger partial charge in [0.1, 0.15) is 5.75 Å². The molecule has 112 valence electrons. The lowest BCUT2D eigenvalue weighted by Gasteiger charge is -2.07. The molecule has 0 bridgehead atoms. The highest BCUT2D eigenvalue weighted by atomic mass is 32.2. The van der Waals surface area contributed by atoms with Crippen molar-refractivity contribution in [3.8, 4) is 11.8 Å². The third kappa shape index (κ3) is 4.54. The molecule has 2 aromatic carbocycles. The van der Waals surface area contributed by atoms with Crippen molar-refractivity contribution in [2.45, 2.75) is 4.90 Å². The Labute approximate surface area is 133 Å². The minimum atomic E-state index is -0.377. The molecule has 0 atom stereocenters. The fourth-order valence-electron chi connectivity index (χ4n) is 1.78. The molecule has 0 N–H and O–H groups in total. The van der Waals surface area contributed by atoms with Crippen LogP contribution in [0.15, 0.2) is 53.4 Å². The van der Waals surface area contributed by atoms with Crippen molar-refractivity contribution >= 4 is 17.7 Å². The van der Waals surface area contributed by atoms with Crippen LogP contribution >= 0.6 is 11.8 Å². The normalized spacial score (nSPS) is 9.82. The fourth-order valence-corrected chi connectivity index (χ4v) is 2.51. The summed E-state index contributed by atoms with van der Waals surface area (Å²) in [4.78, 5) is 12.5. The number of rotatable bonds is 6. The van der Waals surface area contributed by atoms with Crippen LogP contribution in [0, 0.1) is 11.3 Å². The van der Waals surface area contributed by atoms with Crippen LogP contribution in [-0.4, -0.2) is 25.4 Å². The van der Waals surface area contributed by atoms with Crippen LogP contribution in [-0.2, 0) is 4.74 Å². The van der Waals surface area contributed by atoms with Gasteiger partial charge in [0.25, 0.3) is 0 Å². The number of esters is 1. The predicted molar refractivity (Wildman–Crippen MR) is 85.2 cm³/mol. The SMILES string of the molecule is COC(=O)c1cccc(OCCSc2ccc(C#N)cc2)c1. The molecule has 0 unspecified atom stereocenters. The Morgan fingerprint density at radius 3 is 2.68 bits per heavy atom. The lowest BCUT2D eigenvalue weighted by Crippen LogP contribution is -2.03. The molecule has 2 rings (SSSR count). The van der Waals surface area contributed by atoms with Gasteiger partial charge >= 0.3 is 5.97 Å². The number of nitriles is 1. The molecule has 0 spiro atoms. The zero-order valence-electron chi connectivity index (χ0n) is 12.1. The molecule has 0 aliphatic carbocycles. The number of thioether (sulfide) groups is 1. The number of carbonyl (C=O) groups excluding carboxylic acids is 1. The average Bonchev–Trinajstić information content (AvgIpc) is 2.59. The molecule has 0 heterocycles. The van der Waals surface area contributed by atoms with Gasteiger partial charge < -0.3 is 9.47 Å². The van der Waals surface area contributed by atoms with Crippen LogP contribution in [0.3, 0.4) is 0 Å². The van der Waals surface area contributed by atoms with E-state index < -0.39 is 0 Å². The zero-order chi connectivity index (χ0) is 15.8. The quantitative estimate of drug-likeness (QED) is 0.464. The molecule has 5 heteroatoms. The van der Waals surface area contributed by atoms with Crippen molar-refractivity contribution in [2.24, 2.45) is 0 Å². The topological polar surface area (TPSA) is 59.3 Å². The van der Waals surface area contributed by atoms with E-state index in [1.807, 2.05) is 12.1 Å². The lowest BCUT2D eigenvalue weighted by atomic mass is 10.2. The molecule has 0 aromatic heterocycles. The molecule has 0 aliphatic heterocycles. The van der Waals surface area contributed by atoms with Crippen LogP contribution < -0.4 is 4.74 Å². The first-order valence-corrected chi connectivity index (χ1v) is 7.65. The number of methoxy groups -OCH3 is 1. The van der Waals surface area contributed by atoms with Crippen LogP contribution in [0.25, 0.3) is 0 Å². The van der Waals surface area contributed by atoms with E-state index in [0.717, 1.165) is 10.6 Å². The number of nitrogens with zero attached hydrogens (tertiary/aromatic N) is 1.